The minimum absolute atomic E-state index is 0.0993. The summed E-state index contributed by atoms with van der Waals surface area (Å²) in [6, 6.07) is 8.42. The molecule has 3 N–H and O–H groups in total. The lowest BCUT2D eigenvalue weighted by Gasteiger charge is -2.06. The van der Waals surface area contributed by atoms with Crippen LogP contribution in [0.25, 0.3) is 10.8 Å². The maximum absolute atomic E-state index is 12.7. The lowest BCUT2D eigenvalue weighted by atomic mass is 10.1. The Morgan fingerprint density at radius 2 is 1.89 bits per heavy atom. The number of primary amides is 1. The van der Waals surface area contributed by atoms with E-state index in [0.29, 0.717) is 21.3 Å². The molecule has 1 aliphatic carbocycles. The molecule has 0 aliphatic heterocycles. The van der Waals surface area contributed by atoms with E-state index in [4.69, 9.17) is 10.2 Å². The number of aryl methyl sites for hydroxylation is 1. The first kappa shape index (κ1) is 17.5. The standard InChI is InChI=1S/C20H18N2O4S/c21-17(23)16-13-8-2-1-3-9-15(13)27-19(16)22-18(24)14-10-11-6-4-5-7-12(11)20(25)26-14/h4-7,10H,1-3,8-9H2,(H2,21,23)(H,22,24). The number of hydrogen-bond donors (Lipinski definition) is 2. The molecule has 0 fully saturated rings. The van der Waals surface area contributed by atoms with Gasteiger partial charge in [0, 0.05) is 4.88 Å². The second kappa shape index (κ2) is 7.00. The van der Waals surface area contributed by atoms with Crippen molar-refractivity contribution >= 4 is 38.9 Å². The van der Waals surface area contributed by atoms with Crippen LogP contribution in [0.3, 0.4) is 0 Å². The van der Waals surface area contributed by atoms with Crippen molar-refractivity contribution in [3.05, 3.63) is 62.5 Å². The van der Waals surface area contributed by atoms with Crippen LogP contribution in [-0.4, -0.2) is 11.8 Å². The molecule has 138 valence electrons. The van der Waals surface area contributed by atoms with Gasteiger partial charge in [0.05, 0.1) is 10.9 Å². The van der Waals surface area contributed by atoms with Crippen molar-refractivity contribution in [2.75, 3.05) is 5.32 Å². The zero-order valence-corrected chi connectivity index (χ0v) is 15.4. The summed E-state index contributed by atoms with van der Waals surface area (Å²) in [4.78, 5) is 37.9. The van der Waals surface area contributed by atoms with Crippen LogP contribution in [0.15, 0.2) is 39.5 Å². The summed E-state index contributed by atoms with van der Waals surface area (Å²) < 4.78 is 5.17. The molecule has 0 radical (unpaired) electrons. The van der Waals surface area contributed by atoms with Gasteiger partial charge >= 0.3 is 5.63 Å². The zero-order chi connectivity index (χ0) is 19.0. The van der Waals surface area contributed by atoms with E-state index in [9.17, 15) is 14.4 Å². The second-order valence-corrected chi connectivity index (χ2v) is 7.68. The average Bonchev–Trinajstić information content (AvgIpc) is 2.82. The third kappa shape index (κ3) is 3.26. The Kier molecular flexibility index (Phi) is 4.53. The number of nitrogens with one attached hydrogen (secondary N) is 1. The van der Waals surface area contributed by atoms with Gasteiger partial charge in [0.1, 0.15) is 5.00 Å². The molecule has 6 nitrogen and oxygen atoms in total. The summed E-state index contributed by atoms with van der Waals surface area (Å²) in [5.41, 5.74) is 6.34. The third-order valence-corrected chi connectivity index (χ3v) is 6.00. The SMILES string of the molecule is NC(=O)c1c(NC(=O)c2cc3ccccc3c(=O)o2)sc2c1CCCCC2. The van der Waals surface area contributed by atoms with Crippen LogP contribution in [0.5, 0.6) is 0 Å². The summed E-state index contributed by atoms with van der Waals surface area (Å²) >= 11 is 1.38. The van der Waals surface area contributed by atoms with Crippen molar-refractivity contribution in [3.8, 4) is 0 Å². The molecule has 27 heavy (non-hydrogen) atoms. The quantitative estimate of drug-likeness (QED) is 0.677. The topological polar surface area (TPSA) is 102 Å². The first-order valence-corrected chi connectivity index (χ1v) is 9.65. The van der Waals surface area contributed by atoms with Crippen molar-refractivity contribution in [1.29, 1.82) is 0 Å². The molecule has 0 bridgehead atoms. The Morgan fingerprint density at radius 3 is 2.70 bits per heavy atom. The summed E-state index contributed by atoms with van der Waals surface area (Å²) in [6.45, 7) is 0. The number of hydrogen-bond acceptors (Lipinski definition) is 5. The van der Waals surface area contributed by atoms with E-state index in [2.05, 4.69) is 5.32 Å². The van der Waals surface area contributed by atoms with Gasteiger partial charge < -0.3 is 15.5 Å². The Labute approximate surface area is 159 Å². The van der Waals surface area contributed by atoms with Crippen LogP contribution in [0.4, 0.5) is 5.00 Å². The van der Waals surface area contributed by atoms with Crippen molar-refractivity contribution in [3.63, 3.8) is 0 Å². The molecule has 2 heterocycles. The number of benzene rings is 1. The van der Waals surface area contributed by atoms with Crippen LogP contribution in [0, 0.1) is 0 Å². The fourth-order valence-corrected chi connectivity index (χ4v) is 4.79. The summed E-state index contributed by atoms with van der Waals surface area (Å²) in [7, 11) is 0. The molecule has 7 heteroatoms. The molecule has 0 saturated heterocycles. The number of amides is 2. The number of nitrogens with two attached hydrogens (primary N) is 1. The van der Waals surface area contributed by atoms with Gasteiger partial charge in [-0.2, -0.15) is 0 Å². The van der Waals surface area contributed by atoms with Crippen molar-refractivity contribution in [1.82, 2.24) is 0 Å². The van der Waals surface area contributed by atoms with E-state index in [1.807, 2.05) is 0 Å². The highest BCUT2D eigenvalue weighted by molar-refractivity contribution is 7.17. The Balaban J connectivity index is 1.71. The number of anilines is 1. The van der Waals surface area contributed by atoms with E-state index in [1.165, 1.54) is 17.4 Å². The number of rotatable bonds is 3. The number of carbonyl (C=O) groups excluding carboxylic acids is 2. The van der Waals surface area contributed by atoms with E-state index in [-0.39, 0.29) is 5.76 Å². The van der Waals surface area contributed by atoms with E-state index in [0.717, 1.165) is 42.5 Å². The predicted octanol–water partition coefficient (Wildman–Crippen LogP) is 3.47. The maximum atomic E-state index is 12.7. The molecule has 2 aromatic heterocycles. The normalized spacial score (nSPS) is 13.8. The summed E-state index contributed by atoms with van der Waals surface area (Å²) in [5, 5.41) is 4.18. The smallest absolute Gasteiger partial charge is 0.344 e. The zero-order valence-electron chi connectivity index (χ0n) is 14.5. The summed E-state index contributed by atoms with van der Waals surface area (Å²) in [6.07, 6.45) is 4.82. The third-order valence-electron chi connectivity index (χ3n) is 4.79. The fraction of sp³-hybridized carbons (Fsp3) is 0.250. The number of carbonyl (C=O) groups is 2. The number of fused-ring (bicyclic) bond motifs is 2. The first-order valence-electron chi connectivity index (χ1n) is 8.83. The molecule has 2 amide bonds. The highest BCUT2D eigenvalue weighted by atomic mass is 32.1. The van der Waals surface area contributed by atoms with E-state index in [1.54, 1.807) is 24.3 Å². The fourth-order valence-electron chi connectivity index (χ4n) is 3.50. The molecule has 0 saturated carbocycles. The maximum Gasteiger partial charge on any atom is 0.344 e. The molecule has 4 rings (SSSR count). The van der Waals surface area contributed by atoms with Gasteiger partial charge in [-0.3, -0.25) is 9.59 Å². The molecule has 0 unspecified atom stereocenters. The molecule has 0 atom stereocenters. The first-order chi connectivity index (χ1) is 13.0. The van der Waals surface area contributed by atoms with E-state index < -0.39 is 17.4 Å². The lowest BCUT2D eigenvalue weighted by molar-refractivity contribution is 0.0993. The number of thiophene rings is 1. The minimum atomic E-state index is -0.574. The lowest BCUT2D eigenvalue weighted by Crippen LogP contribution is -2.19. The van der Waals surface area contributed by atoms with Gasteiger partial charge in [0.25, 0.3) is 11.8 Å². The second-order valence-electron chi connectivity index (χ2n) is 6.57. The molecular formula is C20H18N2O4S. The van der Waals surface area contributed by atoms with Crippen LogP contribution in [0.1, 0.15) is 50.6 Å². The molecule has 0 spiro atoms. The van der Waals surface area contributed by atoms with Gasteiger partial charge in [-0.15, -0.1) is 11.3 Å². The molecular weight excluding hydrogens is 364 g/mol. The predicted molar refractivity (Wildman–Crippen MR) is 105 cm³/mol. The van der Waals surface area contributed by atoms with Gasteiger partial charge in [-0.1, -0.05) is 24.6 Å². The molecule has 1 aliphatic rings. The van der Waals surface area contributed by atoms with Gasteiger partial charge in [0.2, 0.25) is 0 Å². The van der Waals surface area contributed by atoms with Crippen LogP contribution in [-0.2, 0) is 12.8 Å². The monoisotopic (exact) mass is 382 g/mol. The van der Waals surface area contributed by atoms with Crippen molar-refractivity contribution in [2.45, 2.75) is 32.1 Å². The highest BCUT2D eigenvalue weighted by Crippen LogP contribution is 2.37. The largest absolute Gasteiger partial charge is 0.417 e. The van der Waals surface area contributed by atoms with Gasteiger partial charge in [0.15, 0.2) is 5.76 Å². The Bertz CT molecular complexity index is 1110. The molecule has 1 aromatic carbocycles. The summed E-state index contributed by atoms with van der Waals surface area (Å²) in [5.74, 6) is -1.22. The van der Waals surface area contributed by atoms with Gasteiger partial charge in [-0.25, -0.2) is 4.79 Å². The van der Waals surface area contributed by atoms with Crippen LogP contribution < -0.4 is 16.7 Å². The van der Waals surface area contributed by atoms with Crippen LogP contribution in [0.2, 0.25) is 0 Å². The van der Waals surface area contributed by atoms with Crippen LogP contribution >= 0.6 is 11.3 Å². The van der Waals surface area contributed by atoms with Gasteiger partial charge in [-0.05, 0) is 48.8 Å². The molecule has 3 aromatic rings. The Hall–Kier alpha value is -2.93. The minimum Gasteiger partial charge on any atom is -0.417 e. The Morgan fingerprint density at radius 1 is 1.11 bits per heavy atom. The highest BCUT2D eigenvalue weighted by Gasteiger charge is 2.25. The average molecular weight is 382 g/mol. The van der Waals surface area contributed by atoms with Crippen molar-refractivity contribution in [2.24, 2.45) is 5.73 Å². The van der Waals surface area contributed by atoms with Crippen molar-refractivity contribution < 1.29 is 14.0 Å². The van der Waals surface area contributed by atoms with E-state index >= 15 is 0 Å².